The number of rotatable bonds is 2. The third kappa shape index (κ3) is 2.52. The molecule has 3 rings (SSSR count). The maximum atomic E-state index is 12.8. The molecule has 2 aliphatic rings. The van der Waals surface area contributed by atoms with Crippen molar-refractivity contribution in [2.45, 2.75) is 51.1 Å². The number of carbonyl (C=O) groups is 2. The minimum Gasteiger partial charge on any atom is -0.480 e. The fourth-order valence-electron chi connectivity index (χ4n) is 3.80. The Bertz CT molecular complexity index is 572. The van der Waals surface area contributed by atoms with E-state index in [1.54, 1.807) is 23.2 Å². The number of aliphatic carboxylic acids is 1. The molecule has 1 saturated heterocycles. The molecule has 0 bridgehead atoms. The molecule has 1 amide bonds. The third-order valence-electron chi connectivity index (χ3n) is 4.75. The molecule has 1 aliphatic heterocycles. The van der Waals surface area contributed by atoms with Crippen LogP contribution in [0.4, 0.5) is 0 Å². The number of hydrogen-bond donors (Lipinski definition) is 1. The highest BCUT2D eigenvalue weighted by Crippen LogP contribution is 2.40. The van der Waals surface area contributed by atoms with Crippen LogP contribution in [-0.4, -0.2) is 39.0 Å². The summed E-state index contributed by atoms with van der Waals surface area (Å²) >= 11 is 0. The highest BCUT2D eigenvalue weighted by atomic mass is 16.4. The molecule has 0 radical (unpaired) electrons. The molecule has 1 aromatic rings. The Morgan fingerprint density at radius 3 is 2.81 bits per heavy atom. The number of carboxylic acids is 1. The van der Waals surface area contributed by atoms with Gasteiger partial charge in [-0.25, -0.2) is 4.79 Å². The van der Waals surface area contributed by atoms with Crippen LogP contribution in [-0.2, 0) is 4.79 Å². The average Bonchev–Trinajstić information content (AvgIpc) is 2.86. The lowest BCUT2D eigenvalue weighted by Gasteiger charge is -2.33. The van der Waals surface area contributed by atoms with Gasteiger partial charge in [0.15, 0.2) is 0 Å². The molecule has 112 valence electrons. The van der Waals surface area contributed by atoms with Crippen molar-refractivity contribution in [1.82, 2.24) is 9.88 Å². The van der Waals surface area contributed by atoms with E-state index in [4.69, 9.17) is 0 Å². The molecule has 5 nitrogen and oxygen atoms in total. The van der Waals surface area contributed by atoms with E-state index in [1.807, 2.05) is 6.92 Å². The van der Waals surface area contributed by atoms with Crippen LogP contribution in [0.25, 0.3) is 0 Å². The van der Waals surface area contributed by atoms with E-state index in [2.05, 4.69) is 4.98 Å². The van der Waals surface area contributed by atoms with E-state index in [0.717, 1.165) is 31.4 Å². The minimum atomic E-state index is -0.886. The van der Waals surface area contributed by atoms with Crippen LogP contribution in [0.15, 0.2) is 18.3 Å². The zero-order valence-corrected chi connectivity index (χ0v) is 12.2. The monoisotopic (exact) mass is 288 g/mol. The predicted molar refractivity (Wildman–Crippen MR) is 76.9 cm³/mol. The van der Waals surface area contributed by atoms with Crippen molar-refractivity contribution in [3.05, 3.63) is 29.6 Å². The van der Waals surface area contributed by atoms with Crippen LogP contribution in [0.1, 0.15) is 48.2 Å². The lowest BCUT2D eigenvalue weighted by Crippen LogP contribution is -2.46. The number of carboxylic acid groups (broad SMARTS) is 1. The maximum Gasteiger partial charge on any atom is 0.326 e. The van der Waals surface area contributed by atoms with Crippen LogP contribution < -0.4 is 0 Å². The first-order valence-electron chi connectivity index (χ1n) is 7.56. The number of nitrogens with zero attached hydrogens (tertiary/aromatic N) is 2. The topological polar surface area (TPSA) is 70.5 Å². The van der Waals surface area contributed by atoms with Crippen LogP contribution in [0, 0.1) is 12.8 Å². The lowest BCUT2D eigenvalue weighted by atomic mass is 9.84. The second kappa shape index (κ2) is 5.47. The highest BCUT2D eigenvalue weighted by Gasteiger charge is 2.47. The fourth-order valence-corrected chi connectivity index (χ4v) is 3.80. The number of carbonyl (C=O) groups excluding carboxylic acids is 1. The number of likely N-dealkylation sites (tertiary alicyclic amines) is 1. The first-order chi connectivity index (χ1) is 10.1. The summed E-state index contributed by atoms with van der Waals surface area (Å²) in [6.45, 7) is 1.83. The fraction of sp³-hybridized carbons (Fsp3) is 0.562. The quantitative estimate of drug-likeness (QED) is 0.906. The van der Waals surface area contributed by atoms with Crippen molar-refractivity contribution in [2.75, 3.05) is 0 Å². The van der Waals surface area contributed by atoms with E-state index in [0.29, 0.717) is 17.9 Å². The highest BCUT2D eigenvalue weighted by molar-refractivity contribution is 5.97. The number of hydrogen-bond acceptors (Lipinski definition) is 3. The van der Waals surface area contributed by atoms with Crippen LogP contribution in [0.3, 0.4) is 0 Å². The molecular formula is C16H20N2O3. The zero-order valence-electron chi connectivity index (χ0n) is 12.2. The Morgan fingerprint density at radius 1 is 1.33 bits per heavy atom. The third-order valence-corrected chi connectivity index (χ3v) is 4.75. The number of pyridine rings is 1. The lowest BCUT2D eigenvalue weighted by molar-refractivity contribution is -0.141. The molecule has 2 fully saturated rings. The van der Waals surface area contributed by atoms with Gasteiger partial charge in [0.05, 0.1) is 0 Å². The molecule has 21 heavy (non-hydrogen) atoms. The van der Waals surface area contributed by atoms with Gasteiger partial charge in [0.25, 0.3) is 5.91 Å². The van der Waals surface area contributed by atoms with Gasteiger partial charge in [0, 0.05) is 23.5 Å². The summed E-state index contributed by atoms with van der Waals surface area (Å²) in [4.78, 5) is 30.1. The van der Waals surface area contributed by atoms with Gasteiger partial charge < -0.3 is 10.0 Å². The molecule has 0 aromatic carbocycles. The zero-order chi connectivity index (χ0) is 15.0. The first kappa shape index (κ1) is 14.0. The standard InChI is InChI=1S/C16H20N2O3/c1-10-8-12(6-7-17-10)15(19)18-13-5-3-2-4-11(13)9-14(18)16(20)21/h6-8,11,13-14H,2-5,9H2,1H3,(H,20,21). The van der Waals surface area contributed by atoms with Gasteiger partial charge in [-0.15, -0.1) is 0 Å². The smallest absolute Gasteiger partial charge is 0.326 e. The largest absolute Gasteiger partial charge is 0.480 e. The molecule has 3 atom stereocenters. The van der Waals surface area contributed by atoms with Crippen molar-refractivity contribution in [3.63, 3.8) is 0 Å². The average molecular weight is 288 g/mol. The van der Waals surface area contributed by atoms with Crippen LogP contribution >= 0.6 is 0 Å². The molecular weight excluding hydrogens is 268 g/mol. The molecule has 3 unspecified atom stereocenters. The molecule has 1 saturated carbocycles. The molecule has 0 spiro atoms. The minimum absolute atomic E-state index is 0.0841. The van der Waals surface area contributed by atoms with Crippen molar-refractivity contribution in [3.8, 4) is 0 Å². The summed E-state index contributed by atoms with van der Waals surface area (Å²) in [5.41, 5.74) is 1.31. The van der Waals surface area contributed by atoms with Crippen molar-refractivity contribution in [1.29, 1.82) is 0 Å². The second-order valence-corrected chi connectivity index (χ2v) is 6.10. The molecule has 5 heteroatoms. The molecule has 1 N–H and O–H groups in total. The van der Waals surface area contributed by atoms with E-state index < -0.39 is 12.0 Å². The molecule has 1 aromatic heterocycles. The van der Waals surface area contributed by atoms with Crippen molar-refractivity contribution < 1.29 is 14.7 Å². The SMILES string of the molecule is Cc1cc(C(=O)N2C(C(=O)O)CC3CCCCC32)ccn1. The Labute approximate surface area is 124 Å². The van der Waals surface area contributed by atoms with Gasteiger partial charge in [-0.05, 0) is 44.2 Å². The Hall–Kier alpha value is -1.91. The van der Waals surface area contributed by atoms with E-state index in [9.17, 15) is 14.7 Å². The van der Waals surface area contributed by atoms with E-state index in [-0.39, 0.29) is 11.9 Å². The number of amides is 1. The van der Waals surface area contributed by atoms with Gasteiger partial charge in [0.2, 0.25) is 0 Å². The van der Waals surface area contributed by atoms with Crippen molar-refractivity contribution >= 4 is 11.9 Å². The maximum absolute atomic E-state index is 12.8. The number of fused-ring (bicyclic) bond motifs is 1. The summed E-state index contributed by atoms with van der Waals surface area (Å²) in [7, 11) is 0. The van der Waals surface area contributed by atoms with E-state index in [1.165, 1.54) is 0 Å². The Morgan fingerprint density at radius 2 is 2.10 bits per heavy atom. The van der Waals surface area contributed by atoms with Gasteiger partial charge in [-0.2, -0.15) is 0 Å². The molecule has 2 heterocycles. The Balaban J connectivity index is 1.92. The summed E-state index contributed by atoms with van der Waals surface area (Å²) in [6.07, 6.45) is 6.37. The van der Waals surface area contributed by atoms with Gasteiger partial charge in [-0.3, -0.25) is 9.78 Å². The normalized spacial score (nSPS) is 28.2. The summed E-state index contributed by atoms with van der Waals surface area (Å²) in [5, 5.41) is 9.47. The number of aryl methyl sites for hydroxylation is 1. The molecule has 1 aliphatic carbocycles. The second-order valence-electron chi connectivity index (χ2n) is 6.10. The van der Waals surface area contributed by atoms with Gasteiger partial charge in [-0.1, -0.05) is 12.8 Å². The van der Waals surface area contributed by atoms with Crippen LogP contribution in [0.2, 0.25) is 0 Å². The Kier molecular flexibility index (Phi) is 3.66. The summed E-state index contributed by atoms with van der Waals surface area (Å²) in [5.74, 6) is -0.711. The summed E-state index contributed by atoms with van der Waals surface area (Å²) < 4.78 is 0. The summed E-state index contributed by atoms with van der Waals surface area (Å²) in [6, 6.07) is 2.81. The van der Waals surface area contributed by atoms with Gasteiger partial charge >= 0.3 is 5.97 Å². The van der Waals surface area contributed by atoms with Crippen LogP contribution in [0.5, 0.6) is 0 Å². The first-order valence-corrected chi connectivity index (χ1v) is 7.56. The number of aromatic nitrogens is 1. The van der Waals surface area contributed by atoms with E-state index >= 15 is 0 Å². The van der Waals surface area contributed by atoms with Gasteiger partial charge in [0.1, 0.15) is 6.04 Å². The predicted octanol–water partition coefficient (Wildman–Crippen LogP) is 2.25. The van der Waals surface area contributed by atoms with Crippen molar-refractivity contribution in [2.24, 2.45) is 5.92 Å².